The monoisotopic (exact) mass is 269 g/mol. The lowest BCUT2D eigenvalue weighted by atomic mass is 9.74. The third-order valence-corrected chi connectivity index (χ3v) is 4.51. The van der Waals surface area contributed by atoms with Crippen LogP contribution in [0.5, 0.6) is 0 Å². The molecule has 2 nitrogen and oxygen atoms in total. The number of ether oxygens (including phenoxy) is 1. The van der Waals surface area contributed by atoms with E-state index in [0.29, 0.717) is 5.41 Å². The number of rotatable bonds is 4. The summed E-state index contributed by atoms with van der Waals surface area (Å²) in [6.07, 6.45) is 3.52. The Morgan fingerprint density at radius 1 is 1.05 bits per heavy atom. The Morgan fingerprint density at radius 3 is 2.55 bits per heavy atom. The van der Waals surface area contributed by atoms with E-state index in [2.05, 4.69) is 47.8 Å². The van der Waals surface area contributed by atoms with Crippen LogP contribution < -0.4 is 5.32 Å². The smallest absolute Gasteiger partial charge is 0.0522 e. The number of hydrogen-bond donors (Lipinski definition) is 1. The van der Waals surface area contributed by atoms with Crippen molar-refractivity contribution < 1.29 is 4.74 Å². The molecule has 0 bridgehead atoms. The van der Waals surface area contributed by atoms with Crippen molar-refractivity contribution in [1.29, 1.82) is 0 Å². The SMILES string of the molecule is COCC1(Cc2ccc3ccccc3c2)CCNCC1. The van der Waals surface area contributed by atoms with Crippen molar-refractivity contribution in [1.82, 2.24) is 5.32 Å². The van der Waals surface area contributed by atoms with Crippen molar-refractivity contribution in [3.05, 3.63) is 48.0 Å². The van der Waals surface area contributed by atoms with Crippen LogP contribution in [0.2, 0.25) is 0 Å². The van der Waals surface area contributed by atoms with Crippen LogP contribution >= 0.6 is 0 Å². The van der Waals surface area contributed by atoms with E-state index in [1.165, 1.54) is 29.2 Å². The summed E-state index contributed by atoms with van der Waals surface area (Å²) in [5, 5.41) is 6.12. The van der Waals surface area contributed by atoms with Gasteiger partial charge < -0.3 is 10.1 Å². The molecule has 1 fully saturated rings. The van der Waals surface area contributed by atoms with Gasteiger partial charge in [0.25, 0.3) is 0 Å². The molecule has 0 radical (unpaired) electrons. The maximum Gasteiger partial charge on any atom is 0.0522 e. The minimum atomic E-state index is 0.308. The second-order valence-electron chi connectivity index (χ2n) is 6.04. The summed E-state index contributed by atoms with van der Waals surface area (Å²) in [6.45, 7) is 3.08. The molecule has 2 aromatic carbocycles. The molecule has 0 spiro atoms. The molecular formula is C18H23NO. The predicted molar refractivity (Wildman–Crippen MR) is 84.1 cm³/mol. The Bertz CT molecular complexity index is 567. The molecule has 20 heavy (non-hydrogen) atoms. The highest BCUT2D eigenvalue weighted by atomic mass is 16.5. The van der Waals surface area contributed by atoms with Crippen molar-refractivity contribution in [2.45, 2.75) is 19.3 Å². The van der Waals surface area contributed by atoms with Crippen LogP contribution in [0.25, 0.3) is 10.8 Å². The summed E-state index contributed by atoms with van der Waals surface area (Å²) in [5.41, 5.74) is 1.74. The number of hydrogen-bond acceptors (Lipinski definition) is 2. The Hall–Kier alpha value is -1.38. The van der Waals surface area contributed by atoms with Gasteiger partial charge in [0.2, 0.25) is 0 Å². The van der Waals surface area contributed by atoms with Gasteiger partial charge in [0.15, 0.2) is 0 Å². The van der Waals surface area contributed by atoms with Crippen molar-refractivity contribution in [2.24, 2.45) is 5.41 Å². The highest BCUT2D eigenvalue weighted by molar-refractivity contribution is 5.83. The van der Waals surface area contributed by atoms with Gasteiger partial charge in [-0.2, -0.15) is 0 Å². The average molecular weight is 269 g/mol. The Kier molecular flexibility index (Phi) is 4.04. The molecule has 1 N–H and O–H groups in total. The van der Waals surface area contributed by atoms with Gasteiger partial charge in [0, 0.05) is 12.5 Å². The highest BCUT2D eigenvalue weighted by Gasteiger charge is 2.32. The molecule has 0 unspecified atom stereocenters. The number of nitrogens with one attached hydrogen (secondary N) is 1. The Morgan fingerprint density at radius 2 is 1.80 bits per heavy atom. The predicted octanol–water partition coefficient (Wildman–Crippen LogP) is 3.40. The van der Waals surface area contributed by atoms with Crippen LogP contribution in [-0.4, -0.2) is 26.8 Å². The van der Waals surface area contributed by atoms with E-state index < -0.39 is 0 Å². The summed E-state index contributed by atoms with van der Waals surface area (Å²) in [5.74, 6) is 0. The number of fused-ring (bicyclic) bond motifs is 1. The second kappa shape index (κ2) is 5.94. The fourth-order valence-corrected chi connectivity index (χ4v) is 3.42. The molecule has 3 rings (SSSR count). The van der Waals surface area contributed by atoms with Crippen LogP contribution in [-0.2, 0) is 11.2 Å². The van der Waals surface area contributed by atoms with Gasteiger partial charge in [-0.25, -0.2) is 0 Å². The van der Waals surface area contributed by atoms with Crippen LogP contribution in [0.4, 0.5) is 0 Å². The molecule has 1 aliphatic rings. The molecule has 1 heterocycles. The van der Waals surface area contributed by atoms with Gasteiger partial charge in [-0.15, -0.1) is 0 Å². The Balaban J connectivity index is 1.86. The van der Waals surface area contributed by atoms with E-state index in [0.717, 1.165) is 26.1 Å². The van der Waals surface area contributed by atoms with Gasteiger partial charge in [-0.05, 0) is 48.7 Å². The molecule has 0 aromatic heterocycles. The van der Waals surface area contributed by atoms with Gasteiger partial charge in [-0.1, -0.05) is 42.5 Å². The van der Waals surface area contributed by atoms with Gasteiger partial charge >= 0.3 is 0 Å². The van der Waals surface area contributed by atoms with Gasteiger partial charge in [-0.3, -0.25) is 0 Å². The first kappa shape index (κ1) is 13.6. The molecule has 1 saturated heterocycles. The molecule has 0 amide bonds. The normalized spacial score (nSPS) is 18.2. The van der Waals surface area contributed by atoms with E-state index in [4.69, 9.17) is 4.74 Å². The van der Waals surface area contributed by atoms with Crippen molar-refractivity contribution in [3.8, 4) is 0 Å². The lowest BCUT2D eigenvalue weighted by Crippen LogP contribution is -2.41. The van der Waals surface area contributed by atoms with Crippen LogP contribution in [0.1, 0.15) is 18.4 Å². The van der Waals surface area contributed by atoms with Crippen molar-refractivity contribution >= 4 is 10.8 Å². The van der Waals surface area contributed by atoms with E-state index in [9.17, 15) is 0 Å². The summed E-state index contributed by atoms with van der Waals surface area (Å²) >= 11 is 0. The molecule has 2 heteroatoms. The minimum Gasteiger partial charge on any atom is -0.384 e. The summed E-state index contributed by atoms with van der Waals surface area (Å²) in [4.78, 5) is 0. The lowest BCUT2D eigenvalue weighted by molar-refractivity contribution is 0.0540. The van der Waals surface area contributed by atoms with Crippen molar-refractivity contribution in [3.63, 3.8) is 0 Å². The zero-order chi connectivity index (χ0) is 13.8. The summed E-state index contributed by atoms with van der Waals surface area (Å²) in [6, 6.07) is 15.4. The second-order valence-corrected chi connectivity index (χ2v) is 6.04. The molecular weight excluding hydrogens is 246 g/mol. The minimum absolute atomic E-state index is 0.308. The number of piperidine rings is 1. The third-order valence-electron chi connectivity index (χ3n) is 4.51. The van der Waals surface area contributed by atoms with Crippen LogP contribution in [0.3, 0.4) is 0 Å². The topological polar surface area (TPSA) is 21.3 Å². The van der Waals surface area contributed by atoms with Crippen molar-refractivity contribution in [2.75, 3.05) is 26.8 Å². The zero-order valence-corrected chi connectivity index (χ0v) is 12.2. The molecule has 2 aromatic rings. The highest BCUT2D eigenvalue weighted by Crippen LogP contribution is 2.34. The lowest BCUT2D eigenvalue weighted by Gasteiger charge is -2.37. The Labute approximate surface area is 121 Å². The fourth-order valence-electron chi connectivity index (χ4n) is 3.42. The van der Waals surface area contributed by atoms with E-state index >= 15 is 0 Å². The van der Waals surface area contributed by atoms with E-state index in [1.54, 1.807) is 0 Å². The van der Waals surface area contributed by atoms with Crippen LogP contribution in [0.15, 0.2) is 42.5 Å². The molecule has 0 saturated carbocycles. The maximum atomic E-state index is 5.52. The first-order valence-electron chi connectivity index (χ1n) is 7.49. The first-order chi connectivity index (χ1) is 9.81. The van der Waals surface area contributed by atoms with Gasteiger partial charge in [0.1, 0.15) is 0 Å². The largest absolute Gasteiger partial charge is 0.384 e. The number of benzene rings is 2. The molecule has 1 aliphatic heterocycles. The maximum absolute atomic E-state index is 5.52. The van der Waals surface area contributed by atoms with Crippen LogP contribution in [0, 0.1) is 5.41 Å². The number of methoxy groups -OCH3 is 1. The van der Waals surface area contributed by atoms with E-state index in [1.807, 2.05) is 7.11 Å². The standard InChI is InChI=1S/C18H23NO/c1-20-14-18(8-10-19-11-9-18)13-15-6-7-16-4-2-3-5-17(16)12-15/h2-7,12,19H,8-11,13-14H2,1H3. The summed E-state index contributed by atoms with van der Waals surface area (Å²) < 4.78 is 5.52. The molecule has 0 aliphatic carbocycles. The van der Waals surface area contributed by atoms with E-state index in [-0.39, 0.29) is 0 Å². The van der Waals surface area contributed by atoms with Gasteiger partial charge in [0.05, 0.1) is 6.61 Å². The quantitative estimate of drug-likeness (QED) is 0.918. The fraction of sp³-hybridized carbons (Fsp3) is 0.444. The zero-order valence-electron chi connectivity index (χ0n) is 12.2. The molecule has 0 atom stereocenters. The summed E-state index contributed by atoms with van der Waals surface area (Å²) in [7, 11) is 1.82. The molecule has 106 valence electrons. The third kappa shape index (κ3) is 2.87. The first-order valence-corrected chi connectivity index (χ1v) is 7.49. The average Bonchev–Trinajstić information content (AvgIpc) is 2.48.